The van der Waals surface area contributed by atoms with Crippen LogP contribution < -0.4 is 0 Å². The SMILES string of the molecule is F/C(=C/c1cccs1)c1ccccc1. The van der Waals surface area contributed by atoms with Crippen molar-refractivity contribution in [3.8, 4) is 0 Å². The molecule has 0 aliphatic carbocycles. The predicted octanol–water partition coefficient (Wildman–Crippen LogP) is 4.22. The number of thiophene rings is 1. The zero-order chi connectivity index (χ0) is 9.80. The molecular formula is C12H9FS. The molecular weight excluding hydrogens is 195 g/mol. The van der Waals surface area contributed by atoms with Gasteiger partial charge in [-0.05, 0) is 17.5 Å². The molecule has 1 heterocycles. The molecule has 0 spiro atoms. The molecule has 14 heavy (non-hydrogen) atoms. The highest BCUT2D eigenvalue weighted by atomic mass is 32.1. The second-order valence-corrected chi connectivity index (χ2v) is 3.85. The maximum atomic E-state index is 13.6. The Kier molecular flexibility index (Phi) is 2.75. The molecule has 0 amide bonds. The first-order valence-corrected chi connectivity index (χ1v) is 5.20. The van der Waals surface area contributed by atoms with Crippen LogP contribution in [-0.2, 0) is 0 Å². The Hall–Kier alpha value is -1.41. The predicted molar refractivity (Wildman–Crippen MR) is 59.7 cm³/mol. The summed E-state index contributed by atoms with van der Waals surface area (Å²) in [6, 6.07) is 12.9. The first-order valence-electron chi connectivity index (χ1n) is 4.32. The summed E-state index contributed by atoms with van der Waals surface area (Å²) in [7, 11) is 0. The number of hydrogen-bond donors (Lipinski definition) is 0. The van der Waals surface area contributed by atoms with Crippen LogP contribution in [0.5, 0.6) is 0 Å². The fraction of sp³-hybridized carbons (Fsp3) is 0. The van der Waals surface area contributed by atoms with Crippen molar-refractivity contribution in [1.29, 1.82) is 0 Å². The van der Waals surface area contributed by atoms with Gasteiger partial charge in [0, 0.05) is 10.4 Å². The minimum atomic E-state index is -0.187. The van der Waals surface area contributed by atoms with Gasteiger partial charge in [-0.2, -0.15) is 0 Å². The number of hydrogen-bond acceptors (Lipinski definition) is 1. The quantitative estimate of drug-likeness (QED) is 0.687. The van der Waals surface area contributed by atoms with Gasteiger partial charge in [-0.25, -0.2) is 4.39 Å². The van der Waals surface area contributed by atoms with Crippen LogP contribution in [0.15, 0.2) is 47.8 Å². The molecule has 2 aromatic rings. The van der Waals surface area contributed by atoms with Crippen molar-refractivity contribution in [3.05, 3.63) is 58.3 Å². The zero-order valence-electron chi connectivity index (χ0n) is 7.48. The van der Waals surface area contributed by atoms with E-state index in [1.807, 2.05) is 35.7 Å². The molecule has 0 N–H and O–H groups in total. The van der Waals surface area contributed by atoms with Gasteiger partial charge in [0.05, 0.1) is 0 Å². The average molecular weight is 204 g/mol. The van der Waals surface area contributed by atoms with Crippen LogP contribution in [0.4, 0.5) is 4.39 Å². The van der Waals surface area contributed by atoms with E-state index >= 15 is 0 Å². The van der Waals surface area contributed by atoms with E-state index in [0.29, 0.717) is 5.56 Å². The van der Waals surface area contributed by atoms with Crippen molar-refractivity contribution < 1.29 is 4.39 Å². The summed E-state index contributed by atoms with van der Waals surface area (Å²) in [5.74, 6) is -0.187. The van der Waals surface area contributed by atoms with Crippen LogP contribution in [0.25, 0.3) is 11.9 Å². The highest BCUT2D eigenvalue weighted by molar-refractivity contribution is 7.10. The van der Waals surface area contributed by atoms with E-state index in [1.54, 1.807) is 18.2 Å². The Morgan fingerprint density at radius 3 is 2.50 bits per heavy atom. The summed E-state index contributed by atoms with van der Waals surface area (Å²) >= 11 is 1.53. The van der Waals surface area contributed by atoms with Crippen LogP contribution >= 0.6 is 11.3 Å². The fourth-order valence-electron chi connectivity index (χ4n) is 1.18. The van der Waals surface area contributed by atoms with Crippen molar-refractivity contribution in [2.75, 3.05) is 0 Å². The molecule has 2 heteroatoms. The van der Waals surface area contributed by atoms with Gasteiger partial charge in [-0.3, -0.25) is 0 Å². The Morgan fingerprint density at radius 1 is 1.07 bits per heavy atom. The third-order valence-electron chi connectivity index (χ3n) is 1.86. The normalized spacial score (nSPS) is 11.6. The maximum absolute atomic E-state index is 13.6. The van der Waals surface area contributed by atoms with Crippen molar-refractivity contribution in [2.45, 2.75) is 0 Å². The molecule has 0 saturated carbocycles. The van der Waals surface area contributed by atoms with E-state index in [1.165, 1.54) is 11.3 Å². The maximum Gasteiger partial charge on any atom is 0.131 e. The monoisotopic (exact) mass is 204 g/mol. The van der Waals surface area contributed by atoms with Gasteiger partial charge in [0.25, 0.3) is 0 Å². The first-order chi connectivity index (χ1) is 6.86. The molecule has 0 saturated heterocycles. The number of benzene rings is 1. The van der Waals surface area contributed by atoms with Crippen LogP contribution in [0.3, 0.4) is 0 Å². The van der Waals surface area contributed by atoms with Gasteiger partial charge in [-0.1, -0.05) is 36.4 Å². The molecule has 0 radical (unpaired) electrons. The van der Waals surface area contributed by atoms with Gasteiger partial charge in [0.2, 0.25) is 0 Å². The number of halogens is 1. The Labute approximate surface area is 86.3 Å². The fourth-order valence-corrected chi connectivity index (χ4v) is 1.82. The minimum absolute atomic E-state index is 0.187. The summed E-state index contributed by atoms with van der Waals surface area (Å²) in [6.45, 7) is 0. The van der Waals surface area contributed by atoms with Crippen molar-refractivity contribution in [2.24, 2.45) is 0 Å². The molecule has 0 aliphatic heterocycles. The van der Waals surface area contributed by atoms with E-state index in [-0.39, 0.29) is 5.83 Å². The zero-order valence-corrected chi connectivity index (χ0v) is 8.30. The molecule has 1 aromatic carbocycles. The van der Waals surface area contributed by atoms with Crippen molar-refractivity contribution in [1.82, 2.24) is 0 Å². The van der Waals surface area contributed by atoms with E-state index < -0.39 is 0 Å². The Morgan fingerprint density at radius 2 is 1.86 bits per heavy atom. The first kappa shape index (κ1) is 9.16. The topological polar surface area (TPSA) is 0 Å². The van der Waals surface area contributed by atoms with Gasteiger partial charge in [0.1, 0.15) is 5.83 Å². The molecule has 2 rings (SSSR count). The molecule has 0 nitrogen and oxygen atoms in total. The summed E-state index contributed by atoms with van der Waals surface area (Å²) < 4.78 is 13.6. The largest absolute Gasteiger partial charge is 0.206 e. The van der Waals surface area contributed by atoms with Gasteiger partial charge in [0.15, 0.2) is 0 Å². The lowest BCUT2D eigenvalue weighted by molar-refractivity contribution is 0.765. The average Bonchev–Trinajstić information content (AvgIpc) is 2.72. The van der Waals surface area contributed by atoms with E-state index in [0.717, 1.165) is 4.88 Å². The Balaban J connectivity index is 2.29. The number of rotatable bonds is 2. The summed E-state index contributed by atoms with van der Waals surface area (Å²) in [5, 5.41) is 1.93. The summed E-state index contributed by atoms with van der Waals surface area (Å²) in [4.78, 5) is 0.936. The molecule has 0 unspecified atom stereocenters. The molecule has 1 aromatic heterocycles. The van der Waals surface area contributed by atoms with Crippen LogP contribution in [0, 0.1) is 0 Å². The molecule has 70 valence electrons. The van der Waals surface area contributed by atoms with E-state index in [9.17, 15) is 4.39 Å². The summed E-state index contributed by atoms with van der Waals surface area (Å²) in [5.41, 5.74) is 0.626. The minimum Gasteiger partial charge on any atom is -0.206 e. The Bertz CT molecular complexity index is 415. The molecule has 0 bridgehead atoms. The summed E-state index contributed by atoms with van der Waals surface area (Å²) in [6.07, 6.45) is 1.56. The van der Waals surface area contributed by atoms with Gasteiger partial charge >= 0.3 is 0 Å². The second-order valence-electron chi connectivity index (χ2n) is 2.87. The third kappa shape index (κ3) is 2.09. The third-order valence-corrected chi connectivity index (χ3v) is 2.68. The second kappa shape index (κ2) is 4.20. The lowest BCUT2D eigenvalue weighted by atomic mass is 10.2. The van der Waals surface area contributed by atoms with E-state index in [4.69, 9.17) is 0 Å². The van der Waals surface area contributed by atoms with Gasteiger partial charge < -0.3 is 0 Å². The molecule has 0 fully saturated rings. The highest BCUT2D eigenvalue weighted by Gasteiger charge is 1.98. The van der Waals surface area contributed by atoms with Crippen LogP contribution in [0.1, 0.15) is 10.4 Å². The lowest BCUT2D eigenvalue weighted by Crippen LogP contribution is -1.75. The van der Waals surface area contributed by atoms with Crippen molar-refractivity contribution >= 4 is 23.2 Å². The standard InChI is InChI=1S/C12H9FS/c13-12(9-11-7-4-8-14-11)10-5-2-1-3-6-10/h1-9H/b12-9+. The van der Waals surface area contributed by atoms with E-state index in [2.05, 4.69) is 0 Å². The van der Waals surface area contributed by atoms with Crippen LogP contribution in [0.2, 0.25) is 0 Å². The molecule has 0 atom stereocenters. The smallest absolute Gasteiger partial charge is 0.131 e. The van der Waals surface area contributed by atoms with Crippen LogP contribution in [-0.4, -0.2) is 0 Å². The van der Waals surface area contributed by atoms with Gasteiger partial charge in [-0.15, -0.1) is 11.3 Å². The highest BCUT2D eigenvalue weighted by Crippen LogP contribution is 2.21. The lowest BCUT2D eigenvalue weighted by Gasteiger charge is -1.95. The van der Waals surface area contributed by atoms with Crippen molar-refractivity contribution in [3.63, 3.8) is 0 Å². The molecule has 0 aliphatic rings.